The summed E-state index contributed by atoms with van der Waals surface area (Å²) in [7, 11) is 1.96. The molecule has 0 saturated carbocycles. The molecular formula is C10H18F3N3S. The van der Waals surface area contributed by atoms with Gasteiger partial charge in [-0.25, -0.2) is 0 Å². The fourth-order valence-corrected chi connectivity index (χ4v) is 2.25. The molecule has 7 heteroatoms. The number of piperazine rings is 1. The predicted octanol–water partition coefficient (Wildman–Crippen LogP) is 1.09. The molecule has 1 fully saturated rings. The van der Waals surface area contributed by atoms with Crippen molar-refractivity contribution in [3.05, 3.63) is 0 Å². The number of hydrogen-bond acceptors (Lipinski definition) is 3. The van der Waals surface area contributed by atoms with Gasteiger partial charge in [0.15, 0.2) is 0 Å². The Morgan fingerprint density at radius 2 is 2.06 bits per heavy atom. The lowest BCUT2D eigenvalue weighted by molar-refractivity contribution is -0.161. The van der Waals surface area contributed by atoms with Crippen molar-refractivity contribution in [2.75, 3.05) is 33.2 Å². The summed E-state index contributed by atoms with van der Waals surface area (Å²) in [6.45, 7) is 3.94. The Morgan fingerprint density at radius 1 is 1.47 bits per heavy atom. The predicted molar refractivity (Wildman–Crippen MR) is 64.9 cm³/mol. The lowest BCUT2D eigenvalue weighted by Gasteiger charge is -2.40. The molecule has 2 atom stereocenters. The van der Waals surface area contributed by atoms with E-state index in [1.54, 1.807) is 4.90 Å². The van der Waals surface area contributed by atoms with Crippen molar-refractivity contribution in [2.45, 2.75) is 19.1 Å². The first-order valence-electron chi connectivity index (χ1n) is 5.50. The van der Waals surface area contributed by atoms with Crippen LogP contribution in [0.1, 0.15) is 6.92 Å². The standard InChI is InChI=1S/C10H18F3N3S/c1-7-5-15(2)3-4-16(7)6-8(9(14)17)10(11,12)13/h7-8H,3-6H2,1-2H3,(H2,14,17). The summed E-state index contributed by atoms with van der Waals surface area (Å²) in [4.78, 5) is 3.44. The van der Waals surface area contributed by atoms with Gasteiger partial charge in [-0.2, -0.15) is 13.2 Å². The third-order valence-electron chi connectivity index (χ3n) is 3.12. The molecule has 0 amide bonds. The first-order valence-corrected chi connectivity index (χ1v) is 5.91. The number of thiocarbonyl (C=S) groups is 1. The zero-order valence-corrected chi connectivity index (χ0v) is 10.8. The van der Waals surface area contributed by atoms with Crippen LogP contribution in [0.15, 0.2) is 0 Å². The highest BCUT2D eigenvalue weighted by Gasteiger charge is 2.43. The normalized spacial score (nSPS) is 25.8. The Morgan fingerprint density at radius 3 is 2.47 bits per heavy atom. The number of hydrogen-bond donors (Lipinski definition) is 1. The molecule has 0 bridgehead atoms. The van der Waals surface area contributed by atoms with Crippen LogP contribution in [-0.4, -0.2) is 60.2 Å². The number of likely N-dealkylation sites (N-methyl/N-ethyl adjacent to an activating group) is 1. The van der Waals surface area contributed by atoms with Crippen LogP contribution in [-0.2, 0) is 0 Å². The van der Waals surface area contributed by atoms with Gasteiger partial charge in [-0.1, -0.05) is 12.2 Å². The van der Waals surface area contributed by atoms with Gasteiger partial charge in [0.1, 0.15) is 5.92 Å². The maximum absolute atomic E-state index is 12.7. The van der Waals surface area contributed by atoms with Crippen LogP contribution >= 0.6 is 12.2 Å². The number of halogens is 3. The van der Waals surface area contributed by atoms with Crippen LogP contribution in [0, 0.1) is 5.92 Å². The van der Waals surface area contributed by atoms with Gasteiger partial charge in [-0.3, -0.25) is 4.90 Å². The van der Waals surface area contributed by atoms with Gasteiger partial charge in [-0.05, 0) is 14.0 Å². The SMILES string of the molecule is CC1CN(C)CCN1CC(C(N)=S)C(F)(F)F. The third kappa shape index (κ3) is 4.08. The minimum absolute atomic E-state index is 0.0907. The Balaban J connectivity index is 2.65. The molecule has 0 radical (unpaired) electrons. The maximum atomic E-state index is 12.7. The van der Waals surface area contributed by atoms with Crippen molar-refractivity contribution in [1.29, 1.82) is 0 Å². The lowest BCUT2D eigenvalue weighted by atomic mass is 10.1. The highest BCUT2D eigenvalue weighted by Crippen LogP contribution is 2.28. The molecular weight excluding hydrogens is 251 g/mol. The first-order chi connectivity index (χ1) is 7.71. The fourth-order valence-electron chi connectivity index (χ4n) is 2.04. The van der Waals surface area contributed by atoms with Gasteiger partial charge in [0, 0.05) is 32.2 Å². The van der Waals surface area contributed by atoms with Crippen LogP contribution in [0.4, 0.5) is 13.2 Å². The molecule has 0 aromatic rings. The van der Waals surface area contributed by atoms with Gasteiger partial charge in [-0.15, -0.1) is 0 Å². The molecule has 1 heterocycles. The molecule has 0 aromatic carbocycles. The topological polar surface area (TPSA) is 32.5 Å². The van der Waals surface area contributed by atoms with E-state index in [-0.39, 0.29) is 12.6 Å². The molecule has 2 N–H and O–H groups in total. The van der Waals surface area contributed by atoms with Crippen molar-refractivity contribution < 1.29 is 13.2 Å². The van der Waals surface area contributed by atoms with E-state index in [1.165, 1.54) is 0 Å². The number of alkyl halides is 3. The molecule has 2 unspecified atom stereocenters. The Bertz CT molecular complexity index is 282. The van der Waals surface area contributed by atoms with Gasteiger partial charge in [0.25, 0.3) is 0 Å². The van der Waals surface area contributed by atoms with E-state index >= 15 is 0 Å². The van der Waals surface area contributed by atoms with E-state index in [0.29, 0.717) is 6.54 Å². The summed E-state index contributed by atoms with van der Waals surface area (Å²) >= 11 is 4.52. The van der Waals surface area contributed by atoms with Crippen LogP contribution < -0.4 is 5.73 Å². The van der Waals surface area contributed by atoms with E-state index in [4.69, 9.17) is 5.73 Å². The minimum Gasteiger partial charge on any atom is -0.393 e. The van der Waals surface area contributed by atoms with E-state index in [0.717, 1.165) is 13.1 Å². The molecule has 0 aromatic heterocycles. The summed E-state index contributed by atoms with van der Waals surface area (Å²) in [5.74, 6) is -1.71. The zero-order valence-electron chi connectivity index (χ0n) is 10.00. The Labute approximate surface area is 105 Å². The van der Waals surface area contributed by atoms with Gasteiger partial charge in [0.05, 0.1) is 4.99 Å². The zero-order chi connectivity index (χ0) is 13.2. The van der Waals surface area contributed by atoms with E-state index in [9.17, 15) is 13.2 Å². The highest BCUT2D eigenvalue weighted by molar-refractivity contribution is 7.80. The summed E-state index contributed by atoms with van der Waals surface area (Å²) < 4.78 is 38.2. The Hall–Kier alpha value is -0.400. The van der Waals surface area contributed by atoms with Crippen molar-refractivity contribution in [2.24, 2.45) is 11.7 Å². The quantitative estimate of drug-likeness (QED) is 0.777. The molecule has 17 heavy (non-hydrogen) atoms. The molecule has 1 saturated heterocycles. The van der Waals surface area contributed by atoms with E-state index in [1.807, 2.05) is 14.0 Å². The number of nitrogens with two attached hydrogens (primary N) is 1. The molecule has 0 spiro atoms. The first kappa shape index (κ1) is 14.7. The minimum atomic E-state index is -4.35. The van der Waals surface area contributed by atoms with Gasteiger partial charge in [0.2, 0.25) is 0 Å². The molecule has 1 aliphatic heterocycles. The van der Waals surface area contributed by atoms with Crippen LogP contribution in [0.3, 0.4) is 0 Å². The summed E-state index contributed by atoms with van der Waals surface area (Å²) in [5.41, 5.74) is 5.19. The monoisotopic (exact) mass is 269 g/mol. The second-order valence-corrected chi connectivity index (χ2v) is 5.07. The molecule has 100 valence electrons. The van der Waals surface area contributed by atoms with Gasteiger partial charge >= 0.3 is 6.18 Å². The Kier molecular flexibility index (Phi) is 4.74. The smallest absolute Gasteiger partial charge is 0.393 e. The van der Waals surface area contributed by atoms with Crippen LogP contribution in [0.5, 0.6) is 0 Å². The van der Waals surface area contributed by atoms with E-state index in [2.05, 4.69) is 17.1 Å². The largest absolute Gasteiger partial charge is 0.399 e. The van der Waals surface area contributed by atoms with Crippen molar-refractivity contribution in [3.8, 4) is 0 Å². The average Bonchev–Trinajstić information content (AvgIpc) is 2.13. The second kappa shape index (κ2) is 5.49. The molecule has 1 aliphatic rings. The number of nitrogens with zero attached hydrogens (tertiary/aromatic N) is 2. The van der Waals surface area contributed by atoms with Crippen LogP contribution in [0.2, 0.25) is 0 Å². The van der Waals surface area contributed by atoms with Crippen molar-refractivity contribution >= 4 is 17.2 Å². The highest BCUT2D eigenvalue weighted by atomic mass is 32.1. The summed E-state index contributed by atoms with van der Waals surface area (Å²) in [6, 6.07) is 0.0907. The second-order valence-electron chi connectivity index (χ2n) is 4.60. The summed E-state index contributed by atoms with van der Waals surface area (Å²) in [5, 5.41) is 0. The van der Waals surface area contributed by atoms with Crippen LogP contribution in [0.25, 0.3) is 0 Å². The molecule has 1 rings (SSSR count). The third-order valence-corrected chi connectivity index (χ3v) is 3.41. The molecule has 0 aliphatic carbocycles. The van der Waals surface area contributed by atoms with Crippen molar-refractivity contribution in [1.82, 2.24) is 9.80 Å². The lowest BCUT2D eigenvalue weighted by Crippen LogP contribution is -2.54. The van der Waals surface area contributed by atoms with Crippen molar-refractivity contribution in [3.63, 3.8) is 0 Å². The average molecular weight is 269 g/mol. The molecule has 3 nitrogen and oxygen atoms in total. The number of rotatable bonds is 3. The van der Waals surface area contributed by atoms with Gasteiger partial charge < -0.3 is 10.6 Å². The van der Waals surface area contributed by atoms with E-state index < -0.39 is 17.1 Å². The fraction of sp³-hybridized carbons (Fsp3) is 0.900. The summed E-state index contributed by atoms with van der Waals surface area (Å²) in [6.07, 6.45) is -4.35. The maximum Gasteiger partial charge on any atom is 0.399 e.